The first-order valence-corrected chi connectivity index (χ1v) is 8.30. The number of hydrogen-bond donors (Lipinski definition) is 2. The van der Waals surface area contributed by atoms with Gasteiger partial charge in [-0.2, -0.15) is 0 Å². The van der Waals surface area contributed by atoms with Gasteiger partial charge in [-0.05, 0) is 0 Å². The molecule has 2 aliphatic heterocycles. The van der Waals surface area contributed by atoms with Gasteiger partial charge in [-0.15, -0.1) is 0 Å². The zero-order chi connectivity index (χ0) is 12.1. The average Bonchev–Trinajstić information content (AvgIpc) is 3.13. The molecule has 2 heterocycles. The third-order valence-corrected chi connectivity index (χ3v) is 4.72. The molecule has 0 aromatic rings. The Hall–Kier alpha value is -0.0231. The molecule has 0 saturated carbocycles. The molecular formula is C10H20O6Si. The summed E-state index contributed by atoms with van der Waals surface area (Å²) in [6.07, 6.45) is 0.454. The van der Waals surface area contributed by atoms with Crippen molar-refractivity contribution >= 4 is 8.56 Å². The molecule has 2 rings (SSSR count). The van der Waals surface area contributed by atoms with Crippen molar-refractivity contribution in [2.45, 2.75) is 24.3 Å². The molecule has 2 N–H and O–H groups in total. The fourth-order valence-corrected chi connectivity index (χ4v) is 2.55. The zero-order valence-corrected chi connectivity index (χ0v) is 10.8. The Morgan fingerprint density at radius 3 is 1.71 bits per heavy atom. The molecule has 2 unspecified atom stereocenters. The fraction of sp³-hybridized carbons (Fsp3) is 1.00. The van der Waals surface area contributed by atoms with Crippen LogP contribution >= 0.6 is 0 Å². The number of rotatable bonds is 10. The van der Waals surface area contributed by atoms with Gasteiger partial charge < -0.3 is 28.5 Å². The van der Waals surface area contributed by atoms with E-state index in [-0.39, 0.29) is 12.2 Å². The van der Waals surface area contributed by atoms with Crippen molar-refractivity contribution < 1.29 is 28.5 Å². The third kappa shape index (κ3) is 6.46. The highest BCUT2D eigenvalue weighted by Crippen LogP contribution is 2.13. The summed E-state index contributed by atoms with van der Waals surface area (Å²) in [5.74, 6) is 0. The Kier molecular flexibility index (Phi) is 4.92. The molecule has 7 heteroatoms. The SMILES string of the molecule is O[Si](O)(CCOCC1CO1)CCOCC1CO1. The minimum absolute atomic E-state index is 0.227. The van der Waals surface area contributed by atoms with Crippen LogP contribution in [0, 0.1) is 0 Å². The van der Waals surface area contributed by atoms with Crippen molar-refractivity contribution in [2.24, 2.45) is 0 Å². The van der Waals surface area contributed by atoms with Gasteiger partial charge in [0.25, 0.3) is 0 Å². The van der Waals surface area contributed by atoms with Crippen LogP contribution in [0.4, 0.5) is 0 Å². The molecule has 2 fully saturated rings. The Bertz CT molecular complexity index is 207. The topological polar surface area (TPSA) is 84.0 Å². The van der Waals surface area contributed by atoms with Gasteiger partial charge in [-0.1, -0.05) is 0 Å². The second-order valence-corrected chi connectivity index (χ2v) is 7.51. The van der Waals surface area contributed by atoms with Gasteiger partial charge in [0.2, 0.25) is 0 Å². The van der Waals surface area contributed by atoms with Crippen molar-refractivity contribution in [2.75, 3.05) is 39.6 Å². The first kappa shape index (κ1) is 13.4. The van der Waals surface area contributed by atoms with E-state index in [0.717, 1.165) is 13.2 Å². The van der Waals surface area contributed by atoms with Crippen molar-refractivity contribution in [3.8, 4) is 0 Å². The molecule has 0 radical (unpaired) electrons. The first-order chi connectivity index (χ1) is 8.16. The van der Waals surface area contributed by atoms with Gasteiger partial charge in [0.1, 0.15) is 12.2 Å². The van der Waals surface area contributed by atoms with Gasteiger partial charge in [0.05, 0.1) is 26.4 Å². The minimum atomic E-state index is -3.14. The predicted octanol–water partition coefficient (Wildman–Crippen LogP) is -0.756. The van der Waals surface area contributed by atoms with E-state index in [1.54, 1.807) is 0 Å². The molecule has 2 atom stereocenters. The molecule has 0 bridgehead atoms. The molecule has 6 nitrogen and oxygen atoms in total. The van der Waals surface area contributed by atoms with Crippen LogP contribution in [0.15, 0.2) is 0 Å². The summed E-state index contributed by atoms with van der Waals surface area (Å²) < 4.78 is 20.5. The van der Waals surface area contributed by atoms with Crippen molar-refractivity contribution in [1.82, 2.24) is 0 Å². The van der Waals surface area contributed by atoms with E-state index in [2.05, 4.69) is 0 Å². The molecule has 2 saturated heterocycles. The Morgan fingerprint density at radius 2 is 1.35 bits per heavy atom. The van der Waals surface area contributed by atoms with Gasteiger partial charge in [-0.3, -0.25) is 0 Å². The molecule has 2 aliphatic rings. The maximum absolute atomic E-state index is 9.75. The quantitative estimate of drug-likeness (QED) is 0.307. The fourth-order valence-electron chi connectivity index (χ4n) is 1.35. The van der Waals surface area contributed by atoms with Crippen LogP contribution in [0.5, 0.6) is 0 Å². The lowest BCUT2D eigenvalue weighted by Crippen LogP contribution is -2.37. The third-order valence-electron chi connectivity index (χ3n) is 2.71. The normalized spacial score (nSPS) is 27.2. The van der Waals surface area contributed by atoms with E-state index < -0.39 is 8.56 Å². The summed E-state index contributed by atoms with van der Waals surface area (Å²) in [5.41, 5.74) is 0. The number of hydrogen-bond acceptors (Lipinski definition) is 6. The Balaban J connectivity index is 1.43. The standard InChI is InChI=1S/C10H20O6Si/c11-17(12,3-1-13-5-9-7-15-9)4-2-14-6-10-8-16-10/h9-12H,1-8H2. The summed E-state index contributed by atoms with van der Waals surface area (Å²) in [4.78, 5) is 19.5. The summed E-state index contributed by atoms with van der Waals surface area (Å²) in [6, 6.07) is 0.645. The Labute approximate surface area is 102 Å². The van der Waals surface area contributed by atoms with Gasteiger partial charge >= 0.3 is 8.56 Å². The molecule has 0 aromatic carbocycles. The smallest absolute Gasteiger partial charge is 0.337 e. The highest BCUT2D eigenvalue weighted by Gasteiger charge is 2.30. The van der Waals surface area contributed by atoms with Gasteiger partial charge in [0, 0.05) is 25.3 Å². The molecule has 0 spiro atoms. The van der Waals surface area contributed by atoms with Crippen LogP contribution in [0.3, 0.4) is 0 Å². The summed E-state index contributed by atoms with van der Waals surface area (Å²) in [6.45, 7) is 3.39. The molecule has 0 amide bonds. The lowest BCUT2D eigenvalue weighted by atomic mass is 10.5. The summed E-state index contributed by atoms with van der Waals surface area (Å²) >= 11 is 0. The first-order valence-electron chi connectivity index (χ1n) is 5.99. The van der Waals surface area contributed by atoms with Crippen molar-refractivity contribution in [1.29, 1.82) is 0 Å². The van der Waals surface area contributed by atoms with Crippen LogP contribution in [-0.2, 0) is 18.9 Å². The minimum Gasteiger partial charge on any atom is -0.411 e. The molecule has 0 aliphatic carbocycles. The van der Waals surface area contributed by atoms with Crippen LogP contribution < -0.4 is 0 Å². The van der Waals surface area contributed by atoms with Crippen molar-refractivity contribution in [3.63, 3.8) is 0 Å². The van der Waals surface area contributed by atoms with Crippen LogP contribution in [0.1, 0.15) is 0 Å². The van der Waals surface area contributed by atoms with E-state index >= 15 is 0 Å². The predicted molar refractivity (Wildman–Crippen MR) is 60.9 cm³/mol. The van der Waals surface area contributed by atoms with Crippen LogP contribution in [-0.4, -0.2) is 70.0 Å². The summed E-state index contributed by atoms with van der Waals surface area (Å²) in [7, 11) is -3.14. The highest BCUT2D eigenvalue weighted by molar-refractivity contribution is 6.64. The molecule has 0 aromatic heterocycles. The second kappa shape index (κ2) is 6.23. The van der Waals surface area contributed by atoms with Gasteiger partial charge in [-0.25, -0.2) is 0 Å². The monoisotopic (exact) mass is 264 g/mol. The van der Waals surface area contributed by atoms with E-state index in [0.29, 0.717) is 38.5 Å². The highest BCUT2D eigenvalue weighted by atomic mass is 28.4. The van der Waals surface area contributed by atoms with Crippen LogP contribution in [0.25, 0.3) is 0 Å². The number of ether oxygens (including phenoxy) is 4. The lowest BCUT2D eigenvalue weighted by molar-refractivity contribution is 0.114. The average molecular weight is 264 g/mol. The van der Waals surface area contributed by atoms with Crippen molar-refractivity contribution in [3.05, 3.63) is 0 Å². The summed E-state index contributed by atoms with van der Waals surface area (Å²) in [5, 5.41) is 0. The maximum atomic E-state index is 9.75. The zero-order valence-electron chi connectivity index (χ0n) is 9.84. The number of epoxide rings is 2. The largest absolute Gasteiger partial charge is 0.411 e. The van der Waals surface area contributed by atoms with E-state index in [4.69, 9.17) is 18.9 Å². The Morgan fingerprint density at radius 1 is 0.941 bits per heavy atom. The second-order valence-electron chi connectivity index (χ2n) is 4.54. The van der Waals surface area contributed by atoms with E-state index in [1.807, 2.05) is 0 Å². The maximum Gasteiger partial charge on any atom is 0.337 e. The van der Waals surface area contributed by atoms with Crippen LogP contribution in [0.2, 0.25) is 12.1 Å². The van der Waals surface area contributed by atoms with E-state index in [1.165, 1.54) is 0 Å². The van der Waals surface area contributed by atoms with E-state index in [9.17, 15) is 9.59 Å². The van der Waals surface area contributed by atoms with Gasteiger partial charge in [0.15, 0.2) is 0 Å². The lowest BCUT2D eigenvalue weighted by Gasteiger charge is -2.17. The molecular weight excluding hydrogens is 244 g/mol. The molecule has 17 heavy (non-hydrogen) atoms. The molecule has 100 valence electrons.